The highest BCUT2D eigenvalue weighted by atomic mass is 14.5. The number of hydrogen-bond donors (Lipinski definition) is 2. The van der Waals surface area contributed by atoms with Crippen LogP contribution < -0.4 is 11.5 Å². The van der Waals surface area contributed by atoms with Crippen molar-refractivity contribution in [3.05, 3.63) is 200 Å². The van der Waals surface area contributed by atoms with Gasteiger partial charge in [0.1, 0.15) is 0 Å². The van der Waals surface area contributed by atoms with E-state index in [0.29, 0.717) is 0 Å². The van der Waals surface area contributed by atoms with Gasteiger partial charge in [-0.2, -0.15) is 0 Å². The SMILES string of the molecule is Cc1cc(Cc2ccc(Cc3ccc(N)cc3)cc2)ccc1Cc1ccc(Cc2ccc(Cc3ccc(N)cc3)cc2)cc1C. The highest BCUT2D eigenvalue weighted by molar-refractivity contribution is 5.44. The van der Waals surface area contributed by atoms with Crippen LogP contribution in [-0.4, -0.2) is 0 Å². The minimum Gasteiger partial charge on any atom is -0.399 e. The number of anilines is 2. The first-order chi connectivity index (χ1) is 21.9. The first kappa shape index (κ1) is 30.0. The highest BCUT2D eigenvalue weighted by Gasteiger charge is 2.08. The molecule has 2 heteroatoms. The third kappa shape index (κ3) is 8.10. The Kier molecular flexibility index (Phi) is 9.12. The van der Waals surface area contributed by atoms with E-state index in [-0.39, 0.29) is 0 Å². The third-order valence-electron chi connectivity index (χ3n) is 8.83. The predicted molar refractivity (Wildman–Crippen MR) is 191 cm³/mol. The first-order valence-corrected chi connectivity index (χ1v) is 15.9. The molecule has 0 amide bonds. The van der Waals surface area contributed by atoms with Gasteiger partial charge in [-0.3, -0.25) is 0 Å². The molecule has 0 unspecified atom stereocenters. The van der Waals surface area contributed by atoms with Crippen LogP contribution in [0, 0.1) is 13.8 Å². The number of benzene rings is 6. The summed E-state index contributed by atoms with van der Waals surface area (Å²) in [5.74, 6) is 0. The van der Waals surface area contributed by atoms with E-state index >= 15 is 0 Å². The average Bonchev–Trinajstić information content (AvgIpc) is 3.04. The molecule has 6 rings (SSSR count). The zero-order valence-corrected chi connectivity index (χ0v) is 26.4. The van der Waals surface area contributed by atoms with Gasteiger partial charge in [-0.25, -0.2) is 0 Å². The fraction of sp³-hybridized carbons (Fsp3) is 0.163. The van der Waals surface area contributed by atoms with E-state index in [2.05, 4.69) is 123 Å². The maximum Gasteiger partial charge on any atom is 0.0314 e. The molecule has 0 aromatic heterocycles. The lowest BCUT2D eigenvalue weighted by atomic mass is 9.92. The molecule has 0 aliphatic heterocycles. The summed E-state index contributed by atoms with van der Waals surface area (Å²) in [6, 6.07) is 48.3. The van der Waals surface area contributed by atoms with E-state index in [1.807, 2.05) is 24.3 Å². The lowest BCUT2D eigenvalue weighted by molar-refractivity contribution is 1.09. The minimum atomic E-state index is 0.809. The number of aryl methyl sites for hydroxylation is 2. The van der Waals surface area contributed by atoms with Gasteiger partial charge >= 0.3 is 0 Å². The van der Waals surface area contributed by atoms with Crippen molar-refractivity contribution in [2.45, 2.75) is 46.0 Å². The number of hydrogen-bond acceptors (Lipinski definition) is 2. The second-order valence-electron chi connectivity index (χ2n) is 12.5. The molecular formula is C43H42N2. The van der Waals surface area contributed by atoms with Crippen molar-refractivity contribution >= 4 is 11.4 Å². The summed E-state index contributed by atoms with van der Waals surface area (Å²) >= 11 is 0. The van der Waals surface area contributed by atoms with Crippen LogP contribution in [0.25, 0.3) is 0 Å². The monoisotopic (exact) mass is 586 g/mol. The van der Waals surface area contributed by atoms with E-state index in [0.717, 1.165) is 43.5 Å². The van der Waals surface area contributed by atoms with Crippen LogP contribution in [0.15, 0.2) is 133 Å². The summed E-state index contributed by atoms with van der Waals surface area (Å²) in [6.07, 6.45) is 4.69. The molecule has 0 heterocycles. The highest BCUT2D eigenvalue weighted by Crippen LogP contribution is 2.23. The maximum absolute atomic E-state index is 5.83. The van der Waals surface area contributed by atoms with Crippen LogP contribution in [0.4, 0.5) is 11.4 Å². The van der Waals surface area contributed by atoms with Gasteiger partial charge < -0.3 is 11.5 Å². The second kappa shape index (κ2) is 13.7. The predicted octanol–water partition coefficient (Wildman–Crippen LogP) is 9.42. The summed E-state index contributed by atoms with van der Waals surface area (Å²) in [5.41, 5.74) is 29.4. The van der Waals surface area contributed by atoms with Crippen molar-refractivity contribution in [1.29, 1.82) is 0 Å². The van der Waals surface area contributed by atoms with E-state index in [1.165, 1.54) is 66.8 Å². The van der Waals surface area contributed by atoms with Crippen LogP contribution in [0.5, 0.6) is 0 Å². The number of rotatable bonds is 10. The molecule has 0 aliphatic rings. The summed E-state index contributed by atoms with van der Waals surface area (Å²) in [5, 5.41) is 0. The Morgan fingerprint density at radius 3 is 0.844 bits per heavy atom. The molecule has 6 aromatic rings. The third-order valence-corrected chi connectivity index (χ3v) is 8.83. The fourth-order valence-corrected chi connectivity index (χ4v) is 6.10. The molecule has 6 aromatic carbocycles. The molecule has 4 N–H and O–H groups in total. The molecule has 0 radical (unpaired) electrons. The molecule has 0 aliphatic carbocycles. The van der Waals surface area contributed by atoms with Gasteiger partial charge in [0.2, 0.25) is 0 Å². The second-order valence-corrected chi connectivity index (χ2v) is 12.5. The Morgan fingerprint density at radius 2 is 0.556 bits per heavy atom. The van der Waals surface area contributed by atoms with Crippen LogP contribution in [0.1, 0.15) is 66.8 Å². The van der Waals surface area contributed by atoms with Gasteiger partial charge in [-0.05, 0) is 137 Å². The Hall–Kier alpha value is -5.08. The molecule has 0 bridgehead atoms. The normalized spacial score (nSPS) is 11.1. The molecule has 0 spiro atoms. The van der Waals surface area contributed by atoms with Gasteiger partial charge in [0.25, 0.3) is 0 Å². The van der Waals surface area contributed by atoms with Crippen molar-refractivity contribution in [2.24, 2.45) is 0 Å². The Labute approximate surface area is 268 Å². The van der Waals surface area contributed by atoms with Gasteiger partial charge in [0.15, 0.2) is 0 Å². The van der Waals surface area contributed by atoms with E-state index < -0.39 is 0 Å². The molecular weight excluding hydrogens is 544 g/mol. The molecule has 2 nitrogen and oxygen atoms in total. The largest absolute Gasteiger partial charge is 0.399 e. The van der Waals surface area contributed by atoms with Crippen LogP contribution in [-0.2, 0) is 32.1 Å². The minimum absolute atomic E-state index is 0.809. The average molecular weight is 587 g/mol. The summed E-state index contributed by atoms with van der Waals surface area (Å²) < 4.78 is 0. The Balaban J connectivity index is 1.04. The van der Waals surface area contributed by atoms with Gasteiger partial charge in [0, 0.05) is 11.4 Å². The van der Waals surface area contributed by atoms with Crippen molar-refractivity contribution < 1.29 is 0 Å². The number of nitrogen functional groups attached to an aromatic ring is 2. The molecule has 0 fully saturated rings. The van der Waals surface area contributed by atoms with Gasteiger partial charge in [0.05, 0.1) is 0 Å². The van der Waals surface area contributed by atoms with Crippen LogP contribution in [0.3, 0.4) is 0 Å². The van der Waals surface area contributed by atoms with Gasteiger partial charge in [-0.15, -0.1) is 0 Å². The van der Waals surface area contributed by atoms with Crippen molar-refractivity contribution in [1.82, 2.24) is 0 Å². The molecule has 224 valence electrons. The molecule has 45 heavy (non-hydrogen) atoms. The summed E-state index contributed by atoms with van der Waals surface area (Å²) in [6.45, 7) is 4.49. The number of nitrogens with two attached hydrogens (primary N) is 2. The molecule has 0 saturated heterocycles. The van der Waals surface area contributed by atoms with Crippen molar-refractivity contribution in [3.8, 4) is 0 Å². The maximum atomic E-state index is 5.83. The van der Waals surface area contributed by atoms with E-state index in [4.69, 9.17) is 11.5 Å². The lowest BCUT2D eigenvalue weighted by Gasteiger charge is -2.13. The fourth-order valence-electron chi connectivity index (χ4n) is 6.10. The Morgan fingerprint density at radius 1 is 0.311 bits per heavy atom. The summed E-state index contributed by atoms with van der Waals surface area (Å²) in [4.78, 5) is 0. The van der Waals surface area contributed by atoms with E-state index in [1.54, 1.807) is 0 Å². The first-order valence-electron chi connectivity index (χ1n) is 15.9. The van der Waals surface area contributed by atoms with Crippen LogP contribution in [0.2, 0.25) is 0 Å². The topological polar surface area (TPSA) is 52.0 Å². The smallest absolute Gasteiger partial charge is 0.0314 e. The molecule has 0 saturated carbocycles. The van der Waals surface area contributed by atoms with Crippen molar-refractivity contribution in [2.75, 3.05) is 11.5 Å². The van der Waals surface area contributed by atoms with E-state index in [9.17, 15) is 0 Å². The van der Waals surface area contributed by atoms with Crippen LogP contribution >= 0.6 is 0 Å². The zero-order valence-electron chi connectivity index (χ0n) is 26.4. The lowest BCUT2D eigenvalue weighted by Crippen LogP contribution is -1.98. The zero-order chi connectivity index (χ0) is 31.2. The van der Waals surface area contributed by atoms with Gasteiger partial charge in [-0.1, -0.05) is 109 Å². The summed E-state index contributed by atoms with van der Waals surface area (Å²) in [7, 11) is 0. The molecule has 0 atom stereocenters. The van der Waals surface area contributed by atoms with Crippen molar-refractivity contribution in [3.63, 3.8) is 0 Å². The standard InChI is InChI=1S/C43H42N2/c1-30-23-38(27-34-7-3-32(4-8-34)25-36-13-19-42(44)20-14-36)11-17-40(30)29-41-18-12-39(24-31(41)2)28-35-9-5-33(6-10-35)26-37-15-21-43(45)22-16-37/h3-24H,25-29,44-45H2,1-2H3. The quantitative estimate of drug-likeness (QED) is 0.157. The Bertz CT molecular complexity index is 1720.